The highest BCUT2D eigenvalue weighted by atomic mass is 35.5. The summed E-state index contributed by atoms with van der Waals surface area (Å²) in [6.45, 7) is 5.39. The van der Waals surface area contributed by atoms with E-state index in [1.54, 1.807) is 6.33 Å². The lowest BCUT2D eigenvalue weighted by Crippen LogP contribution is -2.35. The smallest absolute Gasteiger partial charge is 0.157 e. The summed E-state index contributed by atoms with van der Waals surface area (Å²) in [6, 6.07) is 4.60. The van der Waals surface area contributed by atoms with Crippen molar-refractivity contribution in [2.45, 2.75) is 26.3 Å². The summed E-state index contributed by atoms with van der Waals surface area (Å²) in [6.07, 6.45) is 2.79. The number of alkyl halides is 1. The van der Waals surface area contributed by atoms with Gasteiger partial charge < -0.3 is 4.90 Å². The summed E-state index contributed by atoms with van der Waals surface area (Å²) in [7, 11) is 0. The molecule has 2 aromatic heterocycles. The van der Waals surface area contributed by atoms with Crippen molar-refractivity contribution in [3.8, 4) is 0 Å². The number of fused-ring (bicyclic) bond motifs is 1. The highest BCUT2D eigenvalue weighted by Crippen LogP contribution is 2.30. The Morgan fingerprint density at radius 3 is 3.06 bits per heavy atom. The lowest BCUT2D eigenvalue weighted by molar-refractivity contribution is 0.547. The van der Waals surface area contributed by atoms with Crippen molar-refractivity contribution >= 4 is 23.1 Å². The van der Waals surface area contributed by atoms with Crippen LogP contribution in [0.4, 0.5) is 5.82 Å². The average Bonchev–Trinajstić information content (AvgIpc) is 2.93. The normalized spacial score (nSPS) is 24.1. The van der Waals surface area contributed by atoms with E-state index in [0.717, 1.165) is 18.0 Å². The van der Waals surface area contributed by atoms with Crippen molar-refractivity contribution in [1.29, 1.82) is 0 Å². The molecule has 1 aliphatic rings. The first-order valence-electron chi connectivity index (χ1n) is 6.33. The van der Waals surface area contributed by atoms with Crippen molar-refractivity contribution < 1.29 is 0 Å². The van der Waals surface area contributed by atoms with Gasteiger partial charge in [-0.2, -0.15) is 9.61 Å². The first-order chi connectivity index (χ1) is 8.70. The minimum Gasteiger partial charge on any atom is -0.352 e. The minimum atomic E-state index is 0.390. The highest BCUT2D eigenvalue weighted by Gasteiger charge is 2.32. The maximum absolute atomic E-state index is 6.13. The van der Waals surface area contributed by atoms with Crippen molar-refractivity contribution in [1.82, 2.24) is 14.6 Å². The van der Waals surface area contributed by atoms with E-state index >= 15 is 0 Å². The number of nitrogens with zero attached hydrogens (tertiary/aromatic N) is 4. The van der Waals surface area contributed by atoms with Gasteiger partial charge in [-0.05, 0) is 37.0 Å². The lowest BCUT2D eigenvalue weighted by atomic mass is 10.1. The Bertz CT molecular complexity index is 565. The number of halogens is 1. The third-order valence-electron chi connectivity index (χ3n) is 3.84. The van der Waals surface area contributed by atoms with Crippen LogP contribution in [0, 0.1) is 12.8 Å². The van der Waals surface area contributed by atoms with Crippen LogP contribution in [-0.2, 0) is 0 Å². The molecule has 0 saturated carbocycles. The van der Waals surface area contributed by atoms with Crippen LogP contribution in [0.1, 0.15) is 18.9 Å². The number of pyridine rings is 1. The van der Waals surface area contributed by atoms with Crippen LogP contribution in [0.15, 0.2) is 18.5 Å². The molecule has 0 bridgehead atoms. The molecule has 1 fully saturated rings. The number of rotatable bonds is 2. The summed E-state index contributed by atoms with van der Waals surface area (Å²) in [5.74, 6) is 2.39. The fourth-order valence-electron chi connectivity index (χ4n) is 2.77. The zero-order chi connectivity index (χ0) is 12.7. The van der Waals surface area contributed by atoms with E-state index in [9.17, 15) is 0 Å². The molecule has 96 valence electrons. The van der Waals surface area contributed by atoms with E-state index in [0.29, 0.717) is 17.8 Å². The molecular formula is C13H17ClN4. The second-order valence-corrected chi connectivity index (χ2v) is 5.41. The van der Waals surface area contributed by atoms with Gasteiger partial charge in [-0.3, -0.25) is 0 Å². The molecule has 0 amide bonds. The highest BCUT2D eigenvalue weighted by molar-refractivity contribution is 6.18. The number of hydrogen-bond acceptors (Lipinski definition) is 3. The topological polar surface area (TPSA) is 33.4 Å². The number of anilines is 1. The van der Waals surface area contributed by atoms with Crippen LogP contribution in [0.25, 0.3) is 5.65 Å². The quantitative estimate of drug-likeness (QED) is 0.782. The Labute approximate surface area is 112 Å². The molecule has 2 atom stereocenters. The third-order valence-corrected chi connectivity index (χ3v) is 4.16. The number of aromatic nitrogens is 3. The van der Waals surface area contributed by atoms with Gasteiger partial charge in [-0.15, -0.1) is 11.6 Å². The second kappa shape index (κ2) is 4.43. The first kappa shape index (κ1) is 11.8. The maximum atomic E-state index is 6.13. The molecule has 0 N–H and O–H groups in total. The van der Waals surface area contributed by atoms with Crippen molar-refractivity contribution in [3.63, 3.8) is 0 Å². The monoisotopic (exact) mass is 264 g/mol. The second-order valence-electron chi connectivity index (χ2n) is 5.10. The molecule has 0 radical (unpaired) electrons. The van der Waals surface area contributed by atoms with Gasteiger partial charge in [0.05, 0.1) is 0 Å². The van der Waals surface area contributed by atoms with E-state index < -0.39 is 0 Å². The number of hydrogen-bond donors (Lipinski definition) is 0. The molecular weight excluding hydrogens is 248 g/mol. The Morgan fingerprint density at radius 1 is 1.44 bits per heavy atom. The summed E-state index contributed by atoms with van der Waals surface area (Å²) >= 11 is 6.13. The predicted molar refractivity (Wildman–Crippen MR) is 73.4 cm³/mol. The van der Waals surface area contributed by atoms with E-state index in [-0.39, 0.29) is 0 Å². The molecule has 1 saturated heterocycles. The molecule has 2 unspecified atom stereocenters. The van der Waals surface area contributed by atoms with Crippen molar-refractivity contribution in [2.75, 3.05) is 17.3 Å². The van der Waals surface area contributed by atoms with E-state index in [2.05, 4.69) is 34.9 Å². The zero-order valence-electron chi connectivity index (χ0n) is 10.7. The van der Waals surface area contributed by atoms with Gasteiger partial charge in [0.15, 0.2) is 5.65 Å². The predicted octanol–water partition coefficient (Wildman–Crippen LogP) is 2.49. The average molecular weight is 265 g/mol. The van der Waals surface area contributed by atoms with Crippen LogP contribution < -0.4 is 4.90 Å². The fourth-order valence-corrected chi connectivity index (χ4v) is 3.24. The Morgan fingerprint density at radius 2 is 2.28 bits per heavy atom. The number of aryl methyl sites for hydroxylation is 1. The van der Waals surface area contributed by atoms with Gasteiger partial charge in [0.25, 0.3) is 0 Å². The van der Waals surface area contributed by atoms with Gasteiger partial charge in [-0.1, -0.05) is 6.92 Å². The van der Waals surface area contributed by atoms with Gasteiger partial charge in [0, 0.05) is 18.5 Å². The largest absolute Gasteiger partial charge is 0.352 e. The standard InChI is InChI=1S/C13H17ClN4/c1-9-5-12-15-8-16-18(12)13(6-9)17-4-3-10(2)11(17)7-14/h5-6,8,10-11H,3-4,7H2,1-2H3. The molecule has 0 aliphatic carbocycles. The lowest BCUT2D eigenvalue weighted by Gasteiger charge is -2.27. The van der Waals surface area contributed by atoms with Crippen LogP contribution >= 0.6 is 11.6 Å². The molecule has 0 aromatic carbocycles. The van der Waals surface area contributed by atoms with Crippen molar-refractivity contribution in [3.05, 3.63) is 24.0 Å². The van der Waals surface area contributed by atoms with Gasteiger partial charge in [-0.25, -0.2) is 4.98 Å². The molecule has 3 heterocycles. The summed E-state index contributed by atoms with van der Waals surface area (Å²) in [4.78, 5) is 6.64. The zero-order valence-corrected chi connectivity index (χ0v) is 11.4. The molecule has 2 aromatic rings. The SMILES string of the molecule is Cc1cc(N2CCC(C)C2CCl)n2ncnc2c1. The van der Waals surface area contributed by atoms with E-state index in [1.807, 2.05) is 10.6 Å². The van der Waals surface area contributed by atoms with Crippen LogP contribution in [0.5, 0.6) is 0 Å². The molecule has 3 rings (SSSR count). The van der Waals surface area contributed by atoms with Crippen LogP contribution in [0.3, 0.4) is 0 Å². The van der Waals surface area contributed by atoms with Crippen LogP contribution in [-0.4, -0.2) is 33.1 Å². The van der Waals surface area contributed by atoms with E-state index in [1.165, 1.54) is 12.0 Å². The summed E-state index contributed by atoms with van der Waals surface area (Å²) < 4.78 is 1.91. The minimum absolute atomic E-state index is 0.390. The van der Waals surface area contributed by atoms with Gasteiger partial charge >= 0.3 is 0 Å². The summed E-state index contributed by atoms with van der Waals surface area (Å²) in [5.41, 5.74) is 2.11. The third kappa shape index (κ3) is 1.75. The molecule has 0 spiro atoms. The Balaban J connectivity index is 2.11. The van der Waals surface area contributed by atoms with Crippen LogP contribution in [0.2, 0.25) is 0 Å². The van der Waals surface area contributed by atoms with Gasteiger partial charge in [0.1, 0.15) is 12.1 Å². The Hall–Kier alpha value is -1.29. The van der Waals surface area contributed by atoms with Crippen molar-refractivity contribution in [2.24, 2.45) is 5.92 Å². The summed E-state index contributed by atoms with van der Waals surface area (Å²) in [5, 5.41) is 4.32. The Kier molecular flexibility index (Phi) is 2.90. The molecule has 1 aliphatic heterocycles. The fraction of sp³-hybridized carbons (Fsp3) is 0.538. The van der Waals surface area contributed by atoms with E-state index in [4.69, 9.17) is 11.6 Å². The molecule has 18 heavy (non-hydrogen) atoms. The maximum Gasteiger partial charge on any atom is 0.157 e. The molecule has 4 nitrogen and oxygen atoms in total. The first-order valence-corrected chi connectivity index (χ1v) is 6.87. The van der Waals surface area contributed by atoms with Gasteiger partial charge in [0.2, 0.25) is 0 Å². The molecule has 5 heteroatoms.